The molecule has 2 rings (SSSR count). The highest BCUT2D eigenvalue weighted by molar-refractivity contribution is 9.10. The van der Waals surface area contributed by atoms with Gasteiger partial charge in [0.1, 0.15) is 5.75 Å². The maximum atomic E-state index is 12.2. The van der Waals surface area contributed by atoms with E-state index in [2.05, 4.69) is 26.0 Å². The molecule has 6 heteroatoms. The number of hydrogen-bond acceptors (Lipinski definition) is 2. The first-order valence-corrected chi connectivity index (χ1v) is 6.97. The number of anilines is 1. The van der Waals surface area contributed by atoms with Crippen molar-refractivity contribution in [1.29, 1.82) is 0 Å². The van der Waals surface area contributed by atoms with Crippen LogP contribution in [0.1, 0.15) is 11.1 Å². The summed E-state index contributed by atoms with van der Waals surface area (Å²) >= 11 is 3.07. The molecule has 0 unspecified atom stereocenters. The first-order chi connectivity index (χ1) is 9.83. The molecule has 0 fully saturated rings. The highest BCUT2D eigenvalue weighted by atomic mass is 79.9. The molecule has 1 N–H and O–H groups in total. The van der Waals surface area contributed by atoms with Crippen molar-refractivity contribution in [3.05, 3.63) is 58.1 Å². The third-order valence-corrected chi connectivity index (χ3v) is 3.39. The molecule has 0 atom stereocenters. The van der Waals surface area contributed by atoms with E-state index in [-0.39, 0.29) is 10.2 Å². The van der Waals surface area contributed by atoms with E-state index in [4.69, 9.17) is 0 Å². The predicted molar refractivity (Wildman–Crippen MR) is 79.3 cm³/mol. The number of nitrogens with one attached hydrogen (secondary N) is 1. The van der Waals surface area contributed by atoms with E-state index in [0.29, 0.717) is 12.2 Å². The molecule has 0 aliphatic carbocycles. The molecule has 0 amide bonds. The van der Waals surface area contributed by atoms with E-state index in [0.717, 1.165) is 5.56 Å². The summed E-state index contributed by atoms with van der Waals surface area (Å²) < 4.78 is 40.6. The van der Waals surface area contributed by atoms with Gasteiger partial charge in [0.25, 0.3) is 0 Å². The van der Waals surface area contributed by atoms with Crippen molar-refractivity contribution < 1.29 is 17.9 Å². The van der Waals surface area contributed by atoms with Gasteiger partial charge in [0, 0.05) is 12.2 Å². The van der Waals surface area contributed by atoms with E-state index < -0.39 is 6.36 Å². The van der Waals surface area contributed by atoms with Gasteiger partial charge in [-0.3, -0.25) is 0 Å². The van der Waals surface area contributed by atoms with Gasteiger partial charge >= 0.3 is 6.36 Å². The van der Waals surface area contributed by atoms with Crippen LogP contribution in [-0.4, -0.2) is 6.36 Å². The van der Waals surface area contributed by atoms with Gasteiger partial charge in [0.2, 0.25) is 0 Å². The van der Waals surface area contributed by atoms with Crippen LogP contribution in [0.3, 0.4) is 0 Å². The molecule has 2 aromatic carbocycles. The lowest BCUT2D eigenvalue weighted by Gasteiger charge is -2.12. The van der Waals surface area contributed by atoms with E-state index >= 15 is 0 Å². The molecule has 2 nitrogen and oxygen atoms in total. The van der Waals surface area contributed by atoms with Crippen molar-refractivity contribution in [3.63, 3.8) is 0 Å². The second-order valence-electron chi connectivity index (χ2n) is 4.53. The van der Waals surface area contributed by atoms with Crippen LogP contribution in [0.2, 0.25) is 0 Å². The zero-order valence-corrected chi connectivity index (χ0v) is 12.8. The fourth-order valence-electron chi connectivity index (χ4n) is 1.73. The molecular weight excluding hydrogens is 347 g/mol. The van der Waals surface area contributed by atoms with Crippen LogP contribution in [0, 0.1) is 6.92 Å². The highest BCUT2D eigenvalue weighted by Crippen LogP contribution is 2.32. The van der Waals surface area contributed by atoms with Crippen LogP contribution in [0.4, 0.5) is 18.9 Å². The quantitative estimate of drug-likeness (QED) is 0.802. The average Bonchev–Trinajstić information content (AvgIpc) is 2.40. The van der Waals surface area contributed by atoms with Gasteiger partial charge < -0.3 is 10.1 Å². The fourth-order valence-corrected chi connectivity index (χ4v) is 2.19. The largest absolute Gasteiger partial charge is 0.573 e. The maximum absolute atomic E-state index is 12.2. The van der Waals surface area contributed by atoms with E-state index in [1.54, 1.807) is 12.1 Å². The Balaban J connectivity index is 2.01. The van der Waals surface area contributed by atoms with Crippen molar-refractivity contribution in [2.24, 2.45) is 0 Å². The summed E-state index contributed by atoms with van der Waals surface area (Å²) in [7, 11) is 0. The van der Waals surface area contributed by atoms with Gasteiger partial charge in [-0.15, -0.1) is 13.2 Å². The minimum absolute atomic E-state index is 0.244. The third kappa shape index (κ3) is 4.97. The lowest BCUT2D eigenvalue weighted by molar-refractivity contribution is -0.274. The minimum atomic E-state index is -4.70. The topological polar surface area (TPSA) is 21.3 Å². The monoisotopic (exact) mass is 359 g/mol. The molecule has 0 saturated carbocycles. The maximum Gasteiger partial charge on any atom is 0.573 e. The summed E-state index contributed by atoms with van der Waals surface area (Å²) in [5, 5.41) is 3.14. The van der Waals surface area contributed by atoms with Crippen LogP contribution >= 0.6 is 15.9 Å². The molecule has 0 aliphatic rings. The number of halogens is 4. The average molecular weight is 360 g/mol. The molecule has 0 radical (unpaired) electrons. The summed E-state index contributed by atoms with van der Waals surface area (Å²) in [6, 6.07) is 12.4. The standard InChI is InChI=1S/C15H13BrF3NO/c1-10-2-4-11(5-3-10)9-20-12-6-7-14(13(16)8-12)21-15(17,18)19/h2-8,20H,9H2,1H3. The van der Waals surface area contributed by atoms with Crippen molar-refractivity contribution in [2.75, 3.05) is 5.32 Å². The Morgan fingerprint density at radius 3 is 2.33 bits per heavy atom. The summed E-state index contributed by atoms with van der Waals surface area (Å²) in [6.45, 7) is 2.60. The molecule has 0 aromatic heterocycles. The van der Waals surface area contributed by atoms with Gasteiger partial charge in [-0.2, -0.15) is 0 Å². The van der Waals surface area contributed by atoms with E-state index in [1.165, 1.54) is 11.6 Å². The van der Waals surface area contributed by atoms with Crippen molar-refractivity contribution in [1.82, 2.24) is 0 Å². The van der Waals surface area contributed by atoms with E-state index in [9.17, 15) is 13.2 Å². The predicted octanol–water partition coefficient (Wildman–Crippen LogP) is 5.27. The molecule has 112 valence electrons. The van der Waals surface area contributed by atoms with Gasteiger partial charge in [-0.05, 0) is 46.6 Å². The van der Waals surface area contributed by atoms with Crippen LogP contribution in [0.25, 0.3) is 0 Å². The normalized spacial score (nSPS) is 11.3. The molecule has 0 saturated heterocycles. The number of alkyl halides is 3. The van der Waals surface area contributed by atoms with Gasteiger partial charge in [0.05, 0.1) is 4.47 Å². The van der Waals surface area contributed by atoms with Crippen molar-refractivity contribution in [3.8, 4) is 5.75 Å². The number of ether oxygens (including phenoxy) is 1. The zero-order chi connectivity index (χ0) is 15.5. The van der Waals surface area contributed by atoms with Crippen LogP contribution in [-0.2, 0) is 6.54 Å². The van der Waals surface area contributed by atoms with Crippen molar-refractivity contribution in [2.45, 2.75) is 19.8 Å². The Labute approximate surface area is 129 Å². The Morgan fingerprint density at radius 2 is 1.76 bits per heavy atom. The molecule has 2 aromatic rings. The number of benzene rings is 2. The second-order valence-corrected chi connectivity index (χ2v) is 5.39. The highest BCUT2D eigenvalue weighted by Gasteiger charge is 2.31. The van der Waals surface area contributed by atoms with Crippen LogP contribution in [0.5, 0.6) is 5.75 Å². The van der Waals surface area contributed by atoms with Crippen molar-refractivity contribution >= 4 is 21.6 Å². The van der Waals surface area contributed by atoms with Crippen LogP contribution in [0.15, 0.2) is 46.9 Å². The van der Waals surface area contributed by atoms with Gasteiger partial charge in [0.15, 0.2) is 0 Å². The lowest BCUT2D eigenvalue weighted by Crippen LogP contribution is -2.17. The number of rotatable bonds is 4. The van der Waals surface area contributed by atoms with E-state index in [1.807, 2.05) is 31.2 Å². The Morgan fingerprint density at radius 1 is 1.10 bits per heavy atom. The molecule has 0 aliphatic heterocycles. The van der Waals surface area contributed by atoms with Gasteiger partial charge in [-0.1, -0.05) is 29.8 Å². The molecule has 21 heavy (non-hydrogen) atoms. The smallest absolute Gasteiger partial charge is 0.405 e. The summed E-state index contributed by atoms with van der Waals surface area (Å²) in [5.41, 5.74) is 2.97. The first-order valence-electron chi connectivity index (χ1n) is 6.18. The third-order valence-electron chi connectivity index (χ3n) is 2.77. The molecular formula is C15H13BrF3NO. The summed E-state index contributed by atoms with van der Waals surface area (Å²) in [4.78, 5) is 0. The SMILES string of the molecule is Cc1ccc(CNc2ccc(OC(F)(F)F)c(Br)c2)cc1. The number of hydrogen-bond donors (Lipinski definition) is 1. The Bertz CT molecular complexity index is 611. The number of aryl methyl sites for hydroxylation is 1. The molecule has 0 bridgehead atoms. The molecule has 0 heterocycles. The lowest BCUT2D eigenvalue weighted by atomic mass is 10.1. The van der Waals surface area contributed by atoms with Gasteiger partial charge in [-0.25, -0.2) is 0 Å². The zero-order valence-electron chi connectivity index (χ0n) is 11.2. The first kappa shape index (κ1) is 15.7. The minimum Gasteiger partial charge on any atom is -0.405 e. The Kier molecular flexibility index (Phi) is 4.77. The summed E-state index contributed by atoms with van der Waals surface area (Å²) in [5.74, 6) is -0.261. The second kappa shape index (κ2) is 6.39. The van der Waals surface area contributed by atoms with Crippen LogP contribution < -0.4 is 10.1 Å². The Hall–Kier alpha value is -1.69. The fraction of sp³-hybridized carbons (Fsp3) is 0.200. The summed E-state index contributed by atoms with van der Waals surface area (Å²) in [6.07, 6.45) is -4.70. The molecule has 0 spiro atoms.